The van der Waals surface area contributed by atoms with E-state index in [0.29, 0.717) is 12.8 Å². The number of alkyl carbamates (subject to hydrolysis) is 1. The molecule has 2 aliphatic rings. The van der Waals surface area contributed by atoms with Gasteiger partial charge in [-0.15, -0.1) is 12.3 Å². The molecule has 0 saturated carbocycles. The Morgan fingerprint density at radius 3 is 2.26 bits per heavy atom. The van der Waals surface area contributed by atoms with Crippen LogP contribution in [0.15, 0.2) is 48.5 Å². The number of fused-ring (bicyclic) bond motifs is 3. The average molecular weight is 493 g/mol. The molecule has 7 nitrogen and oxygen atoms in total. The van der Waals surface area contributed by atoms with Gasteiger partial charge in [0, 0.05) is 18.8 Å². The number of carbonyl (C=O) groups is 3. The summed E-state index contributed by atoms with van der Waals surface area (Å²) in [4.78, 5) is 37.0. The number of amides is 2. The molecule has 8 heteroatoms. The minimum Gasteiger partial charge on any atom is -0.480 e. The fraction of sp³-hybridized carbons (Fsp3) is 0.370. The number of carboxylic acid groups (broad SMARTS) is 1. The average Bonchev–Trinajstić information content (AvgIpc) is 3.16. The highest BCUT2D eigenvalue weighted by atomic mass is 32.2. The molecular formula is C27H28N2O5S. The van der Waals surface area contributed by atoms with E-state index >= 15 is 0 Å². The monoisotopic (exact) mass is 492 g/mol. The van der Waals surface area contributed by atoms with Crippen molar-refractivity contribution < 1.29 is 24.2 Å². The summed E-state index contributed by atoms with van der Waals surface area (Å²) >= 11 is 1.75. The number of carbonyl (C=O) groups excluding carboxylic acids is 2. The summed E-state index contributed by atoms with van der Waals surface area (Å²) in [7, 11) is 0. The van der Waals surface area contributed by atoms with Gasteiger partial charge >= 0.3 is 12.1 Å². The summed E-state index contributed by atoms with van der Waals surface area (Å²) in [5.74, 6) is 2.13. The smallest absolute Gasteiger partial charge is 0.407 e. The maximum Gasteiger partial charge on any atom is 0.407 e. The van der Waals surface area contributed by atoms with Crippen molar-refractivity contribution in [2.75, 3.05) is 18.1 Å². The largest absolute Gasteiger partial charge is 0.480 e. The molecule has 2 aromatic rings. The van der Waals surface area contributed by atoms with E-state index in [0.717, 1.165) is 33.8 Å². The zero-order valence-corrected chi connectivity index (χ0v) is 20.1. The second-order valence-electron chi connectivity index (χ2n) is 8.89. The van der Waals surface area contributed by atoms with E-state index in [4.69, 9.17) is 11.2 Å². The lowest BCUT2D eigenvalue weighted by atomic mass is 9.88. The van der Waals surface area contributed by atoms with Crippen molar-refractivity contribution in [2.24, 2.45) is 0 Å². The molecule has 1 aliphatic heterocycles. The van der Waals surface area contributed by atoms with Crippen molar-refractivity contribution in [1.82, 2.24) is 10.6 Å². The molecule has 0 aromatic heterocycles. The number of nitrogens with one attached hydrogen (secondary N) is 2. The van der Waals surface area contributed by atoms with Crippen LogP contribution in [0.5, 0.6) is 0 Å². The highest BCUT2D eigenvalue weighted by Gasteiger charge is 2.38. The second-order valence-corrected chi connectivity index (χ2v) is 10.1. The minimum absolute atomic E-state index is 0.0356. The van der Waals surface area contributed by atoms with Crippen LogP contribution < -0.4 is 10.6 Å². The zero-order chi connectivity index (χ0) is 24.8. The number of rotatable bonds is 8. The Kier molecular flexibility index (Phi) is 7.67. The van der Waals surface area contributed by atoms with Gasteiger partial charge in [0.2, 0.25) is 5.91 Å². The van der Waals surface area contributed by atoms with Crippen LogP contribution in [0.25, 0.3) is 11.1 Å². The molecule has 2 amide bonds. The third kappa shape index (κ3) is 5.63. The molecule has 0 bridgehead atoms. The Labute approximate surface area is 209 Å². The van der Waals surface area contributed by atoms with Crippen LogP contribution in [-0.2, 0) is 14.3 Å². The topological polar surface area (TPSA) is 105 Å². The van der Waals surface area contributed by atoms with Crippen molar-refractivity contribution >= 4 is 29.7 Å². The Bertz CT molecular complexity index is 1110. The standard InChI is InChI=1S/C27H28N2O5S/c1-2-7-23(25(31)32)28-24(30)16-27(12-14-35-15-13-27)29-26(33)34-17-22-20-10-5-3-8-18(20)19-9-4-6-11-21(19)22/h1,3-6,8-11,22-23H,7,12-17H2,(H,28,30)(H,29,33)(H,31,32). The lowest BCUT2D eigenvalue weighted by Gasteiger charge is -2.37. The molecule has 1 aliphatic carbocycles. The first-order valence-electron chi connectivity index (χ1n) is 11.6. The van der Waals surface area contributed by atoms with Crippen LogP contribution in [0.3, 0.4) is 0 Å². The van der Waals surface area contributed by atoms with Gasteiger partial charge in [-0.05, 0) is 46.6 Å². The number of ether oxygens (including phenoxy) is 1. The number of thioether (sulfide) groups is 1. The molecule has 1 heterocycles. The van der Waals surface area contributed by atoms with Crippen molar-refractivity contribution in [2.45, 2.75) is 43.2 Å². The summed E-state index contributed by atoms with van der Waals surface area (Å²) in [6.45, 7) is 0.181. The molecule has 2 aromatic carbocycles. The number of aliphatic carboxylic acids is 1. The van der Waals surface area contributed by atoms with Gasteiger partial charge in [0.25, 0.3) is 0 Å². The van der Waals surface area contributed by atoms with Gasteiger partial charge in [0.15, 0.2) is 0 Å². The van der Waals surface area contributed by atoms with Crippen LogP contribution in [0.1, 0.15) is 42.7 Å². The molecule has 4 rings (SSSR count). The van der Waals surface area contributed by atoms with E-state index in [2.05, 4.69) is 40.8 Å². The Balaban J connectivity index is 1.42. The lowest BCUT2D eigenvalue weighted by Crippen LogP contribution is -2.54. The quantitative estimate of drug-likeness (QED) is 0.485. The SMILES string of the molecule is C#CCC(NC(=O)CC1(NC(=O)OCC2c3ccccc3-c3ccccc32)CCSCC1)C(=O)O. The molecule has 3 N–H and O–H groups in total. The van der Waals surface area contributed by atoms with Gasteiger partial charge in [-0.1, -0.05) is 48.5 Å². The second kappa shape index (κ2) is 10.9. The van der Waals surface area contributed by atoms with Crippen LogP contribution in [0, 0.1) is 12.3 Å². The molecule has 35 heavy (non-hydrogen) atoms. The van der Waals surface area contributed by atoms with Gasteiger partial charge in [-0.3, -0.25) is 4.79 Å². The predicted octanol–water partition coefficient (Wildman–Crippen LogP) is 3.77. The molecule has 182 valence electrons. The Morgan fingerprint density at radius 2 is 1.69 bits per heavy atom. The summed E-state index contributed by atoms with van der Waals surface area (Å²) in [5.41, 5.74) is 3.75. The number of hydrogen-bond acceptors (Lipinski definition) is 5. The Hall–Kier alpha value is -3.44. The molecule has 1 fully saturated rings. The summed E-state index contributed by atoms with van der Waals surface area (Å²) in [5, 5.41) is 14.7. The van der Waals surface area contributed by atoms with Gasteiger partial charge in [-0.25, -0.2) is 9.59 Å². The van der Waals surface area contributed by atoms with Crippen molar-refractivity contribution in [3.63, 3.8) is 0 Å². The number of hydrogen-bond donors (Lipinski definition) is 3. The molecule has 1 atom stereocenters. The first kappa shape index (κ1) is 24.7. The summed E-state index contributed by atoms with van der Waals surface area (Å²) < 4.78 is 5.70. The van der Waals surface area contributed by atoms with E-state index in [1.54, 1.807) is 11.8 Å². The van der Waals surface area contributed by atoms with Gasteiger partial charge in [0.05, 0.1) is 5.54 Å². The maximum atomic E-state index is 12.9. The van der Waals surface area contributed by atoms with Gasteiger partial charge in [-0.2, -0.15) is 11.8 Å². The van der Waals surface area contributed by atoms with E-state index in [9.17, 15) is 19.5 Å². The number of benzene rings is 2. The summed E-state index contributed by atoms with van der Waals surface area (Å²) in [6.07, 6.45) is 5.67. The van der Waals surface area contributed by atoms with E-state index in [-0.39, 0.29) is 25.4 Å². The fourth-order valence-electron chi connectivity index (χ4n) is 4.83. The Morgan fingerprint density at radius 1 is 1.09 bits per heavy atom. The third-order valence-electron chi connectivity index (χ3n) is 6.62. The lowest BCUT2D eigenvalue weighted by molar-refractivity contribution is -0.141. The number of carboxylic acids is 1. The molecule has 1 unspecified atom stereocenters. The molecule has 0 radical (unpaired) electrons. The van der Waals surface area contributed by atoms with Crippen LogP contribution in [-0.4, -0.2) is 52.8 Å². The fourth-order valence-corrected chi connectivity index (χ4v) is 6.10. The summed E-state index contributed by atoms with van der Waals surface area (Å²) in [6, 6.07) is 15.1. The van der Waals surface area contributed by atoms with Crippen LogP contribution in [0.4, 0.5) is 4.79 Å². The zero-order valence-electron chi connectivity index (χ0n) is 19.3. The van der Waals surface area contributed by atoms with Crippen molar-refractivity contribution in [3.8, 4) is 23.5 Å². The van der Waals surface area contributed by atoms with Crippen LogP contribution >= 0.6 is 11.8 Å². The first-order valence-corrected chi connectivity index (χ1v) is 12.7. The molecular weight excluding hydrogens is 464 g/mol. The van der Waals surface area contributed by atoms with Crippen molar-refractivity contribution in [1.29, 1.82) is 0 Å². The normalized spacial score (nSPS) is 16.8. The highest BCUT2D eigenvalue weighted by molar-refractivity contribution is 7.99. The first-order chi connectivity index (χ1) is 16.9. The van der Waals surface area contributed by atoms with Gasteiger partial charge in [0.1, 0.15) is 12.6 Å². The van der Waals surface area contributed by atoms with E-state index in [1.807, 2.05) is 24.3 Å². The molecule has 1 saturated heterocycles. The van der Waals surface area contributed by atoms with E-state index < -0.39 is 29.6 Å². The van der Waals surface area contributed by atoms with E-state index in [1.165, 1.54) is 0 Å². The third-order valence-corrected chi connectivity index (χ3v) is 7.60. The highest BCUT2D eigenvalue weighted by Crippen LogP contribution is 2.44. The number of terminal acetylenes is 1. The predicted molar refractivity (Wildman–Crippen MR) is 135 cm³/mol. The minimum atomic E-state index is -1.19. The van der Waals surface area contributed by atoms with Crippen molar-refractivity contribution in [3.05, 3.63) is 59.7 Å². The van der Waals surface area contributed by atoms with Crippen LogP contribution in [0.2, 0.25) is 0 Å². The maximum absolute atomic E-state index is 12.9. The molecule has 0 spiro atoms. The van der Waals surface area contributed by atoms with Gasteiger partial charge < -0.3 is 20.5 Å².